The Morgan fingerprint density at radius 2 is 1.69 bits per heavy atom. The van der Waals surface area contributed by atoms with Crippen molar-refractivity contribution in [3.8, 4) is 0 Å². The molecular weight excluding hydrogens is 544 g/mol. The summed E-state index contributed by atoms with van der Waals surface area (Å²) in [4.78, 5) is 12.5. The van der Waals surface area contributed by atoms with Crippen molar-refractivity contribution in [3.05, 3.63) is 0 Å². The first-order valence-electron chi connectivity index (χ1n) is 14.1. The number of aliphatic hydroxyl groups excluding tert-OH is 2. The molecule has 9 nitrogen and oxygen atoms in total. The van der Waals surface area contributed by atoms with Crippen LogP contribution in [0, 0.1) is 29.6 Å². The van der Waals surface area contributed by atoms with Gasteiger partial charge in [0.2, 0.25) is 15.9 Å². The van der Waals surface area contributed by atoms with Crippen molar-refractivity contribution >= 4 is 15.9 Å². The topological polar surface area (TPSA) is 140 Å². The van der Waals surface area contributed by atoms with Crippen LogP contribution in [-0.2, 0) is 14.8 Å². The summed E-state index contributed by atoms with van der Waals surface area (Å²) in [5.74, 6) is -4.25. The Bertz CT molecular complexity index is 951. The highest BCUT2D eigenvalue weighted by molar-refractivity contribution is 7.90. The van der Waals surface area contributed by atoms with Gasteiger partial charge in [-0.15, -0.1) is 0 Å². The molecule has 226 valence electrons. The third-order valence-corrected chi connectivity index (χ3v) is 11.6. The number of hydrogen-bond donors (Lipinski definition) is 6. The minimum absolute atomic E-state index is 0.0558. The zero-order valence-electron chi connectivity index (χ0n) is 22.1. The molecule has 4 aliphatic rings. The number of carbonyl (C=O) groups excluding carboxylic acids is 1. The molecule has 39 heavy (non-hydrogen) atoms. The monoisotopic (exact) mass is 586 g/mol. The Balaban J connectivity index is 1.43. The van der Waals surface area contributed by atoms with Crippen molar-refractivity contribution in [2.45, 2.75) is 99.9 Å². The van der Waals surface area contributed by atoms with E-state index in [-0.39, 0.29) is 57.8 Å². The fourth-order valence-corrected chi connectivity index (χ4v) is 9.38. The molecule has 0 bridgehead atoms. The highest BCUT2D eigenvalue weighted by Crippen LogP contribution is 2.46. The predicted octanol–water partition coefficient (Wildman–Crippen LogP) is 0.814. The van der Waals surface area contributed by atoms with Crippen molar-refractivity contribution < 1.29 is 41.0 Å². The first-order chi connectivity index (χ1) is 18.5. The van der Waals surface area contributed by atoms with Gasteiger partial charge in [-0.3, -0.25) is 10.2 Å². The van der Waals surface area contributed by atoms with E-state index in [0.29, 0.717) is 12.8 Å². The molecular formula is C25H42F4N4O5S. The summed E-state index contributed by atoms with van der Waals surface area (Å²) in [7, 11) is -4.21. The SMILES string of the molecule is CC1C(CO)CC(F)CC1S(=O)(=O)NC1CCC(F)C(C2CCC3C(C(=O)NCCCO)NNC3C2F)C1F. The molecule has 1 heterocycles. The van der Waals surface area contributed by atoms with Crippen molar-refractivity contribution in [3.63, 3.8) is 0 Å². The molecule has 13 unspecified atom stereocenters. The van der Waals surface area contributed by atoms with Crippen LogP contribution in [0.1, 0.15) is 51.9 Å². The van der Waals surface area contributed by atoms with Gasteiger partial charge in [0.05, 0.1) is 17.3 Å². The van der Waals surface area contributed by atoms with E-state index in [9.17, 15) is 22.7 Å². The largest absolute Gasteiger partial charge is 0.396 e. The van der Waals surface area contributed by atoms with Crippen molar-refractivity contribution in [2.24, 2.45) is 29.6 Å². The molecule has 0 radical (unpaired) electrons. The number of aliphatic hydroxyl groups is 2. The second kappa shape index (κ2) is 12.8. The molecule has 1 amide bonds. The lowest BCUT2D eigenvalue weighted by atomic mass is 9.65. The molecule has 0 aromatic rings. The smallest absolute Gasteiger partial charge is 0.238 e. The van der Waals surface area contributed by atoms with Gasteiger partial charge >= 0.3 is 0 Å². The maximum absolute atomic E-state index is 15.9. The molecule has 0 aromatic carbocycles. The molecule has 6 N–H and O–H groups in total. The summed E-state index contributed by atoms with van der Waals surface area (Å²) in [5.41, 5.74) is 5.59. The first kappa shape index (κ1) is 30.9. The average molecular weight is 587 g/mol. The number of nitrogens with one attached hydrogen (secondary N) is 4. The standard InChI is InChI=1S/C25H42F4N4O5S/c1-12-13(11-35)9-14(26)10-19(12)39(37,38)33-18-6-5-17(27)20(22(18)29)15-3-4-16-23(21(15)28)31-32-24(16)25(36)30-7-2-8-34/h12-24,31-35H,2-11H2,1H3,(H,30,36). The molecule has 1 aliphatic heterocycles. The van der Waals surface area contributed by atoms with E-state index < -0.39 is 87.7 Å². The van der Waals surface area contributed by atoms with Gasteiger partial charge in [0.1, 0.15) is 30.7 Å². The van der Waals surface area contributed by atoms with Crippen LogP contribution in [0.25, 0.3) is 0 Å². The fraction of sp³-hybridized carbons (Fsp3) is 0.960. The van der Waals surface area contributed by atoms with Crippen LogP contribution in [0.4, 0.5) is 17.6 Å². The third kappa shape index (κ3) is 6.40. The summed E-state index contributed by atoms with van der Waals surface area (Å²) in [6.45, 7) is 1.46. The molecule has 4 rings (SSSR count). The second-order valence-corrected chi connectivity index (χ2v) is 13.7. The van der Waals surface area contributed by atoms with Crippen LogP contribution in [0.2, 0.25) is 0 Å². The van der Waals surface area contributed by atoms with E-state index >= 15 is 13.2 Å². The van der Waals surface area contributed by atoms with Crippen LogP contribution in [0.3, 0.4) is 0 Å². The van der Waals surface area contributed by atoms with Crippen LogP contribution >= 0.6 is 0 Å². The molecule has 14 heteroatoms. The fourth-order valence-electron chi connectivity index (χ4n) is 7.29. The van der Waals surface area contributed by atoms with Gasteiger partial charge in [-0.25, -0.2) is 36.1 Å². The quantitative estimate of drug-likeness (QED) is 0.174. The molecule has 3 aliphatic carbocycles. The van der Waals surface area contributed by atoms with E-state index in [1.807, 2.05) is 0 Å². The van der Waals surface area contributed by atoms with E-state index in [1.165, 1.54) is 0 Å². The van der Waals surface area contributed by atoms with E-state index in [0.717, 1.165) is 0 Å². The van der Waals surface area contributed by atoms with Crippen LogP contribution in [0.5, 0.6) is 0 Å². The Hall–Kier alpha value is -1.06. The van der Waals surface area contributed by atoms with Crippen molar-refractivity contribution in [1.29, 1.82) is 0 Å². The lowest BCUT2D eigenvalue weighted by Crippen LogP contribution is -2.58. The number of sulfonamides is 1. The third-order valence-electron chi connectivity index (χ3n) is 9.54. The highest BCUT2D eigenvalue weighted by Gasteiger charge is 2.55. The van der Waals surface area contributed by atoms with Crippen LogP contribution in [0.15, 0.2) is 0 Å². The predicted molar refractivity (Wildman–Crippen MR) is 136 cm³/mol. The molecule has 4 fully saturated rings. The lowest BCUT2D eigenvalue weighted by Gasteiger charge is -2.45. The van der Waals surface area contributed by atoms with Crippen LogP contribution < -0.4 is 20.9 Å². The van der Waals surface area contributed by atoms with Gasteiger partial charge in [-0.1, -0.05) is 6.92 Å². The maximum Gasteiger partial charge on any atom is 0.238 e. The summed E-state index contributed by atoms with van der Waals surface area (Å²) < 4.78 is 90.0. The second-order valence-electron chi connectivity index (χ2n) is 11.8. The first-order valence-corrected chi connectivity index (χ1v) is 15.6. The average Bonchev–Trinajstić information content (AvgIpc) is 3.33. The van der Waals surface area contributed by atoms with Crippen LogP contribution in [-0.4, -0.2) is 92.4 Å². The normalized spacial score (nSPS) is 45.1. The summed E-state index contributed by atoms with van der Waals surface area (Å²) >= 11 is 0. The van der Waals surface area contributed by atoms with Gasteiger partial charge in [0, 0.05) is 37.5 Å². The van der Waals surface area contributed by atoms with E-state index in [2.05, 4.69) is 20.9 Å². The molecule has 1 saturated heterocycles. The molecule has 13 atom stereocenters. The van der Waals surface area contributed by atoms with Gasteiger partial charge in [-0.05, 0) is 56.8 Å². The Kier molecular flexibility index (Phi) is 10.2. The molecule has 0 aromatic heterocycles. The lowest BCUT2D eigenvalue weighted by molar-refractivity contribution is -0.124. The number of fused-ring (bicyclic) bond motifs is 1. The molecule has 3 saturated carbocycles. The number of alkyl halides is 4. The number of hydrogen-bond acceptors (Lipinski definition) is 7. The van der Waals surface area contributed by atoms with E-state index in [1.54, 1.807) is 6.92 Å². The number of halogens is 4. The highest BCUT2D eigenvalue weighted by atomic mass is 32.2. The number of carbonyl (C=O) groups is 1. The Morgan fingerprint density at radius 1 is 0.974 bits per heavy atom. The van der Waals surface area contributed by atoms with E-state index in [4.69, 9.17) is 5.11 Å². The Morgan fingerprint density at radius 3 is 2.38 bits per heavy atom. The van der Waals surface area contributed by atoms with Gasteiger partial charge in [0.25, 0.3) is 0 Å². The van der Waals surface area contributed by atoms with Gasteiger partial charge in [0.15, 0.2) is 0 Å². The number of hydrazine groups is 1. The Labute approximate surface area is 227 Å². The van der Waals surface area contributed by atoms with Crippen molar-refractivity contribution in [1.82, 2.24) is 20.9 Å². The minimum Gasteiger partial charge on any atom is -0.396 e. The number of rotatable bonds is 9. The van der Waals surface area contributed by atoms with Crippen molar-refractivity contribution in [2.75, 3.05) is 19.8 Å². The maximum atomic E-state index is 15.9. The summed E-state index contributed by atoms with van der Waals surface area (Å²) in [6.07, 6.45) is -6.30. The van der Waals surface area contributed by atoms with Gasteiger partial charge < -0.3 is 15.5 Å². The molecule has 0 spiro atoms. The zero-order valence-corrected chi connectivity index (χ0v) is 22.9. The van der Waals surface area contributed by atoms with Gasteiger partial charge in [-0.2, -0.15) is 0 Å². The minimum atomic E-state index is -4.21. The summed E-state index contributed by atoms with van der Waals surface area (Å²) in [5, 5.41) is 20.0. The zero-order chi connectivity index (χ0) is 28.5. The number of amides is 1. The summed E-state index contributed by atoms with van der Waals surface area (Å²) in [6, 6.07) is -2.83.